The smallest absolute Gasteiger partial charge is 0.324 e. The van der Waals surface area contributed by atoms with Crippen LogP contribution >= 0.6 is 0 Å². The summed E-state index contributed by atoms with van der Waals surface area (Å²) in [6.45, 7) is 7.37. The van der Waals surface area contributed by atoms with Crippen LogP contribution in [0.2, 0.25) is 0 Å². The SMILES string of the molecule is COc1cc(-c2ncc(F)cn2)cc(C)c1C1C(=O)CC2(CC1=O)CN(C(=O)NC(=O)C(C)(C)C)C2. The number of nitrogens with one attached hydrogen (secondary N) is 1. The molecule has 1 saturated heterocycles. The highest BCUT2D eigenvalue weighted by Crippen LogP contribution is 2.47. The van der Waals surface area contributed by atoms with E-state index in [1.807, 2.05) is 0 Å². The first-order valence-corrected chi connectivity index (χ1v) is 11.7. The Balaban J connectivity index is 1.51. The molecule has 2 heterocycles. The zero-order valence-electron chi connectivity index (χ0n) is 21.0. The van der Waals surface area contributed by atoms with Crippen LogP contribution in [0.3, 0.4) is 0 Å². The third-order valence-electron chi connectivity index (χ3n) is 6.72. The fraction of sp³-hybridized carbons (Fsp3) is 0.462. The molecule has 1 aliphatic carbocycles. The summed E-state index contributed by atoms with van der Waals surface area (Å²) >= 11 is 0. The second kappa shape index (κ2) is 9.07. The van der Waals surface area contributed by atoms with Crippen LogP contribution in [0, 0.1) is 23.6 Å². The van der Waals surface area contributed by atoms with Crippen molar-refractivity contribution in [3.05, 3.63) is 41.5 Å². The number of imide groups is 1. The summed E-state index contributed by atoms with van der Waals surface area (Å²) in [6, 6.07) is 2.87. The Morgan fingerprint density at radius 1 is 1.11 bits per heavy atom. The number of aromatic nitrogens is 2. The molecule has 2 fully saturated rings. The maximum Gasteiger partial charge on any atom is 0.324 e. The van der Waals surface area contributed by atoms with Gasteiger partial charge in [-0.3, -0.25) is 19.7 Å². The fourth-order valence-corrected chi connectivity index (χ4v) is 4.90. The molecule has 3 amide bonds. The molecule has 2 aliphatic rings. The molecule has 10 heteroatoms. The summed E-state index contributed by atoms with van der Waals surface area (Å²) in [5, 5.41) is 2.38. The molecule has 0 unspecified atom stereocenters. The zero-order valence-corrected chi connectivity index (χ0v) is 21.0. The first-order chi connectivity index (χ1) is 16.8. The second-order valence-corrected chi connectivity index (χ2v) is 10.7. The average molecular weight is 497 g/mol. The maximum atomic E-state index is 13.3. The van der Waals surface area contributed by atoms with Gasteiger partial charge in [0.2, 0.25) is 5.91 Å². The van der Waals surface area contributed by atoms with Crippen LogP contribution in [0.5, 0.6) is 5.75 Å². The molecule has 36 heavy (non-hydrogen) atoms. The van der Waals surface area contributed by atoms with Gasteiger partial charge in [0.1, 0.15) is 23.2 Å². The number of carbonyl (C=O) groups excluding carboxylic acids is 4. The largest absolute Gasteiger partial charge is 0.496 e. The van der Waals surface area contributed by atoms with Gasteiger partial charge in [-0.1, -0.05) is 20.8 Å². The van der Waals surface area contributed by atoms with Crippen LogP contribution in [-0.4, -0.2) is 58.6 Å². The van der Waals surface area contributed by atoms with Gasteiger partial charge in [-0.15, -0.1) is 0 Å². The zero-order chi connectivity index (χ0) is 26.4. The van der Waals surface area contributed by atoms with Gasteiger partial charge in [-0.2, -0.15) is 0 Å². The van der Waals surface area contributed by atoms with Crippen LogP contribution in [0.4, 0.5) is 9.18 Å². The second-order valence-electron chi connectivity index (χ2n) is 10.7. The van der Waals surface area contributed by atoms with Gasteiger partial charge in [0.25, 0.3) is 0 Å². The quantitative estimate of drug-likeness (QED) is 0.648. The summed E-state index contributed by atoms with van der Waals surface area (Å²) in [6.07, 6.45) is 2.41. The summed E-state index contributed by atoms with van der Waals surface area (Å²) in [5.41, 5.74) is 0.409. The van der Waals surface area contributed by atoms with E-state index in [1.165, 1.54) is 12.0 Å². The van der Waals surface area contributed by atoms with E-state index in [0.29, 0.717) is 28.3 Å². The van der Waals surface area contributed by atoms with Crippen LogP contribution in [-0.2, 0) is 14.4 Å². The molecule has 1 aromatic heterocycles. The first kappa shape index (κ1) is 25.4. The molecule has 2 aromatic rings. The van der Waals surface area contributed by atoms with Crippen molar-refractivity contribution >= 4 is 23.5 Å². The number of likely N-dealkylation sites (tertiary alicyclic amines) is 1. The number of carbonyl (C=O) groups is 4. The molecular formula is C26H29FN4O5. The van der Waals surface area contributed by atoms with Crippen LogP contribution < -0.4 is 10.1 Å². The van der Waals surface area contributed by atoms with Gasteiger partial charge in [0.05, 0.1) is 19.5 Å². The highest BCUT2D eigenvalue weighted by Gasteiger charge is 2.54. The number of Topliss-reactive ketones (excluding diaryl/α,β-unsaturated/α-hetero) is 2. The lowest BCUT2D eigenvalue weighted by molar-refractivity contribution is -0.142. The first-order valence-electron chi connectivity index (χ1n) is 11.7. The highest BCUT2D eigenvalue weighted by molar-refractivity contribution is 6.11. The molecular weight excluding hydrogens is 467 g/mol. The number of amides is 3. The molecule has 190 valence electrons. The van der Waals surface area contributed by atoms with Crippen molar-refractivity contribution in [2.24, 2.45) is 10.8 Å². The number of urea groups is 1. The fourth-order valence-electron chi connectivity index (χ4n) is 4.90. The number of nitrogens with zero attached hydrogens (tertiary/aromatic N) is 3. The number of ketones is 2. The van der Waals surface area contributed by atoms with Gasteiger partial charge in [0.15, 0.2) is 11.6 Å². The molecule has 1 N–H and O–H groups in total. The van der Waals surface area contributed by atoms with Crippen molar-refractivity contribution in [3.63, 3.8) is 0 Å². The standard InChI is InChI=1S/C26H29FN4O5/c1-14-6-15(22-28-10-16(27)11-29-22)7-19(36-5)20(14)21-17(32)8-26(9-18(21)33)12-31(13-26)24(35)30-23(34)25(2,3)4/h6-7,10-11,21H,8-9,12-13H2,1-5H3,(H,30,34,35). The lowest BCUT2D eigenvalue weighted by Crippen LogP contribution is -2.64. The average Bonchev–Trinajstić information content (AvgIpc) is 2.77. The molecule has 9 nitrogen and oxygen atoms in total. The number of hydrogen-bond acceptors (Lipinski definition) is 7. The van der Waals surface area contributed by atoms with Crippen molar-refractivity contribution in [2.75, 3.05) is 20.2 Å². The van der Waals surface area contributed by atoms with E-state index in [1.54, 1.807) is 39.8 Å². The van der Waals surface area contributed by atoms with E-state index >= 15 is 0 Å². The van der Waals surface area contributed by atoms with E-state index < -0.39 is 28.6 Å². The van der Waals surface area contributed by atoms with E-state index in [0.717, 1.165) is 12.4 Å². The molecule has 0 bridgehead atoms. The number of hydrogen-bond donors (Lipinski definition) is 1. The van der Waals surface area contributed by atoms with Crippen LogP contribution in [0.15, 0.2) is 24.5 Å². The van der Waals surface area contributed by atoms with Gasteiger partial charge in [-0.25, -0.2) is 19.2 Å². The van der Waals surface area contributed by atoms with Crippen LogP contribution in [0.1, 0.15) is 50.7 Å². The molecule has 4 rings (SSSR count). The summed E-state index contributed by atoms with van der Waals surface area (Å²) in [5.74, 6) is -1.73. The number of methoxy groups -OCH3 is 1. The van der Waals surface area contributed by atoms with Gasteiger partial charge in [-0.05, 0) is 24.6 Å². The predicted octanol–water partition coefficient (Wildman–Crippen LogP) is 3.20. The number of rotatable bonds is 3. The minimum absolute atomic E-state index is 0.145. The normalized spacial score (nSPS) is 17.7. The number of halogens is 1. The Morgan fingerprint density at radius 2 is 1.69 bits per heavy atom. The van der Waals surface area contributed by atoms with Gasteiger partial charge < -0.3 is 9.64 Å². The van der Waals surface area contributed by atoms with E-state index in [-0.39, 0.29) is 43.4 Å². The minimum atomic E-state index is -0.973. The van der Waals surface area contributed by atoms with Crippen molar-refractivity contribution in [3.8, 4) is 17.1 Å². The molecule has 1 aromatic carbocycles. The summed E-state index contributed by atoms with van der Waals surface area (Å²) in [4.78, 5) is 60.6. The van der Waals surface area contributed by atoms with E-state index in [2.05, 4.69) is 15.3 Å². The third kappa shape index (κ3) is 4.72. The number of ether oxygens (including phenoxy) is 1. The molecule has 1 aliphatic heterocycles. The molecule has 0 atom stereocenters. The van der Waals surface area contributed by atoms with E-state index in [9.17, 15) is 23.6 Å². The molecule has 1 saturated carbocycles. The van der Waals surface area contributed by atoms with Crippen molar-refractivity contribution < 1.29 is 28.3 Å². The van der Waals surface area contributed by atoms with Crippen LogP contribution in [0.25, 0.3) is 11.4 Å². The Hall–Kier alpha value is -3.69. The van der Waals surface area contributed by atoms with Crippen molar-refractivity contribution in [1.29, 1.82) is 0 Å². The lowest BCUT2D eigenvalue weighted by atomic mass is 9.63. The topological polar surface area (TPSA) is 119 Å². The van der Waals surface area contributed by atoms with Crippen molar-refractivity contribution in [1.82, 2.24) is 20.2 Å². The highest BCUT2D eigenvalue weighted by atomic mass is 19.1. The number of benzene rings is 1. The molecule has 1 spiro atoms. The minimum Gasteiger partial charge on any atom is -0.496 e. The van der Waals surface area contributed by atoms with E-state index in [4.69, 9.17) is 4.74 Å². The van der Waals surface area contributed by atoms with Gasteiger partial charge in [0, 0.05) is 47.9 Å². The monoisotopic (exact) mass is 496 g/mol. The number of aryl methyl sites for hydroxylation is 1. The summed E-state index contributed by atoms with van der Waals surface area (Å²) < 4.78 is 18.8. The maximum absolute atomic E-state index is 13.3. The lowest BCUT2D eigenvalue weighted by Gasteiger charge is -2.52. The van der Waals surface area contributed by atoms with Gasteiger partial charge >= 0.3 is 6.03 Å². The Labute approximate surface area is 208 Å². The molecule has 0 radical (unpaired) electrons. The Kier molecular flexibility index (Phi) is 6.40. The Bertz CT molecular complexity index is 1230. The van der Waals surface area contributed by atoms with Crippen molar-refractivity contribution in [2.45, 2.75) is 46.5 Å². The predicted molar refractivity (Wildman–Crippen MR) is 128 cm³/mol. The third-order valence-corrected chi connectivity index (χ3v) is 6.72. The Morgan fingerprint density at radius 3 is 2.22 bits per heavy atom. The summed E-state index contributed by atoms with van der Waals surface area (Å²) in [7, 11) is 1.45.